The number of ether oxygens (including phenoxy) is 2. The van der Waals surface area contributed by atoms with Crippen molar-refractivity contribution in [3.63, 3.8) is 0 Å². The first-order valence-corrected chi connectivity index (χ1v) is 13.5. The lowest BCUT2D eigenvalue weighted by molar-refractivity contribution is -0.127. The Bertz CT molecular complexity index is 1690. The topological polar surface area (TPSA) is 155 Å². The van der Waals surface area contributed by atoms with E-state index in [9.17, 15) is 9.59 Å². The molecule has 1 aliphatic heterocycles. The second kappa shape index (κ2) is 11.8. The smallest absolute Gasteiger partial charge is 0.251 e. The number of methoxy groups -OCH3 is 1. The van der Waals surface area contributed by atoms with Crippen LogP contribution < -0.4 is 15.0 Å². The highest BCUT2D eigenvalue weighted by molar-refractivity contribution is 6.01. The fourth-order valence-corrected chi connectivity index (χ4v) is 5.04. The van der Waals surface area contributed by atoms with Crippen molar-refractivity contribution in [2.45, 2.75) is 38.5 Å². The van der Waals surface area contributed by atoms with Crippen LogP contribution in [0.3, 0.4) is 0 Å². The number of hydrogen-bond donors (Lipinski definition) is 1. The number of hydrogen-bond acceptors (Lipinski definition) is 10. The SMILES string of the molecule is COc1cc(N(C(=O)Cn2nnc3ccccc32)C(C(=O)NCC2CCCO2)c2ccc(C)o2)ccc1-n1cnnn1. The number of carbonyl (C=O) groups is 2. The summed E-state index contributed by atoms with van der Waals surface area (Å²) in [6, 6.07) is 14.7. The number of amides is 2. The Morgan fingerprint density at radius 1 is 1.17 bits per heavy atom. The molecule has 14 heteroatoms. The summed E-state index contributed by atoms with van der Waals surface area (Å²) in [6.07, 6.45) is 3.13. The molecule has 1 fully saturated rings. The number of aromatic nitrogens is 7. The Morgan fingerprint density at radius 2 is 2.05 bits per heavy atom. The summed E-state index contributed by atoms with van der Waals surface area (Å²) < 4.78 is 20.3. The van der Waals surface area contributed by atoms with Crippen LogP contribution in [-0.2, 0) is 20.9 Å². The van der Waals surface area contributed by atoms with Gasteiger partial charge in [0.05, 0.1) is 18.7 Å². The third-order valence-corrected chi connectivity index (χ3v) is 7.08. The van der Waals surface area contributed by atoms with Gasteiger partial charge in [0, 0.05) is 24.9 Å². The molecule has 2 amide bonds. The zero-order chi connectivity index (χ0) is 29.1. The number of carbonyl (C=O) groups excluding carboxylic acids is 2. The van der Waals surface area contributed by atoms with Crippen LogP contribution in [0.25, 0.3) is 16.7 Å². The van der Waals surface area contributed by atoms with E-state index in [1.807, 2.05) is 24.3 Å². The Kier molecular flexibility index (Phi) is 7.60. The molecule has 0 bridgehead atoms. The highest BCUT2D eigenvalue weighted by Gasteiger charge is 2.36. The summed E-state index contributed by atoms with van der Waals surface area (Å²) in [4.78, 5) is 29.6. The lowest BCUT2D eigenvalue weighted by Crippen LogP contribution is -2.46. The van der Waals surface area contributed by atoms with Crippen molar-refractivity contribution in [2.24, 2.45) is 0 Å². The van der Waals surface area contributed by atoms with E-state index in [1.165, 1.54) is 27.7 Å². The Hall–Kier alpha value is -5.11. The average molecular weight is 572 g/mol. The van der Waals surface area contributed by atoms with Crippen LogP contribution in [0.4, 0.5) is 5.69 Å². The molecule has 42 heavy (non-hydrogen) atoms. The number of benzene rings is 2. The molecular weight excluding hydrogens is 542 g/mol. The Labute approximate surface area is 240 Å². The molecule has 14 nitrogen and oxygen atoms in total. The fraction of sp³-hybridized carbons (Fsp3) is 0.321. The molecule has 0 spiro atoms. The lowest BCUT2D eigenvalue weighted by Gasteiger charge is -2.30. The van der Waals surface area contributed by atoms with Gasteiger partial charge in [0.15, 0.2) is 6.04 Å². The minimum Gasteiger partial charge on any atom is -0.494 e. The maximum absolute atomic E-state index is 14.3. The summed E-state index contributed by atoms with van der Waals surface area (Å²) in [5.41, 5.74) is 2.28. The van der Waals surface area contributed by atoms with Crippen LogP contribution in [0.5, 0.6) is 5.75 Å². The number of nitrogens with one attached hydrogen (secondary N) is 1. The van der Waals surface area contributed by atoms with Gasteiger partial charge in [-0.15, -0.1) is 10.2 Å². The van der Waals surface area contributed by atoms with Crippen molar-refractivity contribution in [1.82, 2.24) is 40.5 Å². The third kappa shape index (κ3) is 5.43. The number of tetrazole rings is 1. The van der Waals surface area contributed by atoms with Crippen LogP contribution in [0.2, 0.25) is 0 Å². The van der Waals surface area contributed by atoms with Crippen molar-refractivity contribution >= 4 is 28.5 Å². The zero-order valence-corrected chi connectivity index (χ0v) is 23.1. The standard InChI is InChI=1S/C28H29N9O5/c1-18-9-12-24(42-18)27(28(39)29-15-20-6-5-13-41-20)37(26(38)16-35-22-8-4-3-7-21(22)31-33-35)19-10-11-23(25(14-19)40-2)36-17-30-32-34-36/h3-4,7-12,14,17,20,27H,5-6,13,15-16H2,1-2H3,(H,29,39). The molecule has 1 aliphatic rings. The van der Waals surface area contributed by atoms with Crippen molar-refractivity contribution < 1.29 is 23.5 Å². The van der Waals surface area contributed by atoms with Crippen molar-refractivity contribution in [2.75, 3.05) is 25.2 Å². The number of anilines is 1. The van der Waals surface area contributed by atoms with Gasteiger partial charge in [-0.05, 0) is 66.6 Å². The molecule has 5 aromatic rings. The van der Waals surface area contributed by atoms with Gasteiger partial charge in [0.2, 0.25) is 5.91 Å². The summed E-state index contributed by atoms with van der Waals surface area (Å²) in [5, 5.41) is 22.7. The molecule has 2 unspecified atom stereocenters. The number of nitrogens with zero attached hydrogens (tertiary/aromatic N) is 8. The second-order valence-electron chi connectivity index (χ2n) is 9.84. The molecule has 1 saturated heterocycles. The number of aryl methyl sites for hydroxylation is 1. The summed E-state index contributed by atoms with van der Waals surface area (Å²) in [7, 11) is 1.50. The first-order valence-electron chi connectivity index (χ1n) is 13.5. The van der Waals surface area contributed by atoms with Gasteiger partial charge < -0.3 is 19.2 Å². The van der Waals surface area contributed by atoms with E-state index in [0.29, 0.717) is 52.8 Å². The maximum atomic E-state index is 14.3. The second-order valence-corrected chi connectivity index (χ2v) is 9.84. The van der Waals surface area contributed by atoms with E-state index in [4.69, 9.17) is 13.9 Å². The van der Waals surface area contributed by atoms with E-state index >= 15 is 0 Å². The van der Waals surface area contributed by atoms with Crippen LogP contribution in [0.1, 0.15) is 30.4 Å². The molecule has 1 N–H and O–H groups in total. The van der Waals surface area contributed by atoms with Crippen molar-refractivity contribution in [1.29, 1.82) is 0 Å². The number of furan rings is 1. The van der Waals surface area contributed by atoms with Crippen LogP contribution in [-0.4, -0.2) is 73.4 Å². The normalized spacial score (nSPS) is 15.5. The minimum atomic E-state index is -1.15. The molecule has 0 radical (unpaired) electrons. The van der Waals surface area contributed by atoms with Crippen LogP contribution in [0, 0.1) is 6.92 Å². The van der Waals surface area contributed by atoms with Gasteiger partial charge in [-0.25, -0.2) is 4.68 Å². The molecule has 2 atom stereocenters. The van der Waals surface area contributed by atoms with Gasteiger partial charge >= 0.3 is 0 Å². The largest absolute Gasteiger partial charge is 0.494 e. The number of fused-ring (bicyclic) bond motifs is 1. The summed E-state index contributed by atoms with van der Waals surface area (Å²) in [5.74, 6) is 0.452. The van der Waals surface area contributed by atoms with Gasteiger partial charge in [-0.2, -0.15) is 4.68 Å². The van der Waals surface area contributed by atoms with Gasteiger partial charge in [0.25, 0.3) is 5.91 Å². The van der Waals surface area contributed by atoms with E-state index in [0.717, 1.165) is 12.8 Å². The quantitative estimate of drug-likeness (QED) is 0.264. The molecular formula is C28H29N9O5. The van der Waals surface area contributed by atoms with Crippen LogP contribution >= 0.6 is 0 Å². The average Bonchev–Trinajstić information content (AvgIpc) is 3.83. The van der Waals surface area contributed by atoms with Gasteiger partial charge in [0.1, 0.15) is 41.3 Å². The number of para-hydroxylation sites is 1. The van der Waals surface area contributed by atoms with Gasteiger partial charge in [-0.1, -0.05) is 17.3 Å². The highest BCUT2D eigenvalue weighted by atomic mass is 16.5. The molecule has 2 aromatic carbocycles. The fourth-order valence-electron chi connectivity index (χ4n) is 5.04. The molecule has 216 valence electrons. The first-order chi connectivity index (χ1) is 20.5. The van der Waals surface area contributed by atoms with E-state index in [1.54, 1.807) is 37.3 Å². The summed E-state index contributed by atoms with van der Waals surface area (Å²) >= 11 is 0. The van der Waals surface area contributed by atoms with E-state index in [2.05, 4.69) is 31.2 Å². The molecule has 3 aromatic heterocycles. The Morgan fingerprint density at radius 3 is 2.79 bits per heavy atom. The monoisotopic (exact) mass is 571 g/mol. The molecule has 0 aliphatic carbocycles. The van der Waals surface area contributed by atoms with E-state index in [-0.39, 0.29) is 12.6 Å². The highest BCUT2D eigenvalue weighted by Crippen LogP contribution is 2.34. The predicted molar refractivity (Wildman–Crippen MR) is 149 cm³/mol. The van der Waals surface area contributed by atoms with Crippen LogP contribution in [0.15, 0.2) is 65.3 Å². The summed E-state index contributed by atoms with van der Waals surface area (Å²) in [6.45, 7) is 2.56. The molecule has 0 saturated carbocycles. The zero-order valence-electron chi connectivity index (χ0n) is 23.1. The number of rotatable bonds is 10. The van der Waals surface area contributed by atoms with Gasteiger partial charge in [-0.3, -0.25) is 14.5 Å². The Balaban J connectivity index is 1.42. The third-order valence-electron chi connectivity index (χ3n) is 7.08. The minimum absolute atomic E-state index is 0.0886. The first kappa shape index (κ1) is 27.1. The van der Waals surface area contributed by atoms with Crippen molar-refractivity contribution in [3.05, 3.63) is 72.4 Å². The van der Waals surface area contributed by atoms with E-state index < -0.39 is 17.9 Å². The lowest BCUT2D eigenvalue weighted by atomic mass is 10.1. The maximum Gasteiger partial charge on any atom is 0.251 e. The predicted octanol–water partition coefficient (Wildman–Crippen LogP) is 2.39. The molecule has 4 heterocycles. The van der Waals surface area contributed by atoms with Crippen molar-refractivity contribution in [3.8, 4) is 11.4 Å². The molecule has 6 rings (SSSR count).